The van der Waals surface area contributed by atoms with E-state index in [0.29, 0.717) is 13.0 Å². The molecule has 72 valence electrons. The molecule has 1 rings (SSSR count). The number of carbonyl (C=O) groups excluding carboxylic acids is 1. The molecule has 3 nitrogen and oxygen atoms in total. The van der Waals surface area contributed by atoms with E-state index in [1.54, 1.807) is 0 Å². The van der Waals surface area contributed by atoms with Crippen LogP contribution in [0.3, 0.4) is 0 Å². The van der Waals surface area contributed by atoms with Gasteiger partial charge in [0.2, 0.25) is 0 Å². The summed E-state index contributed by atoms with van der Waals surface area (Å²) in [4.78, 5) is 11.1. The third kappa shape index (κ3) is 2.93. The Balaban J connectivity index is 2.42. The average Bonchev–Trinajstić information content (AvgIpc) is 2.55. The van der Waals surface area contributed by atoms with Gasteiger partial charge in [-0.25, -0.2) is 0 Å². The third-order valence-electron chi connectivity index (χ3n) is 1.90. The molecule has 0 N–H and O–H groups in total. The summed E-state index contributed by atoms with van der Waals surface area (Å²) in [5.74, 6) is -0.135. The predicted molar refractivity (Wildman–Crippen MR) is 50.4 cm³/mol. The van der Waals surface area contributed by atoms with Crippen LogP contribution in [-0.4, -0.2) is 17.1 Å². The lowest BCUT2D eigenvalue weighted by Gasteiger charge is -2.12. The van der Waals surface area contributed by atoms with Crippen LogP contribution in [0.1, 0.15) is 26.3 Å². The highest BCUT2D eigenvalue weighted by Crippen LogP contribution is 2.10. The lowest BCUT2D eigenvalue weighted by atomic mass is 10.2. The van der Waals surface area contributed by atoms with Crippen LogP contribution < -0.4 is 0 Å². The molecule has 0 aliphatic carbocycles. The maximum atomic E-state index is 11.1. The number of nitrogens with zero attached hydrogens (tertiary/aromatic N) is 1. The number of aromatic nitrogens is 1. The SMILES string of the molecule is CCOC(=O)C[C@H](C)n1cccc1. The van der Waals surface area contributed by atoms with Crippen molar-refractivity contribution in [3.8, 4) is 0 Å². The molecule has 0 spiro atoms. The van der Waals surface area contributed by atoms with E-state index in [0.717, 1.165) is 0 Å². The summed E-state index contributed by atoms with van der Waals surface area (Å²) in [6, 6.07) is 4.07. The minimum atomic E-state index is -0.135. The van der Waals surface area contributed by atoms with Crippen molar-refractivity contribution in [2.75, 3.05) is 6.61 Å². The van der Waals surface area contributed by atoms with Crippen molar-refractivity contribution in [1.82, 2.24) is 4.57 Å². The smallest absolute Gasteiger partial charge is 0.307 e. The van der Waals surface area contributed by atoms with Crippen molar-refractivity contribution in [3.05, 3.63) is 24.5 Å². The molecule has 0 unspecified atom stereocenters. The Morgan fingerprint density at radius 3 is 2.62 bits per heavy atom. The maximum Gasteiger partial charge on any atom is 0.307 e. The molecule has 3 heteroatoms. The summed E-state index contributed by atoms with van der Waals surface area (Å²) >= 11 is 0. The Morgan fingerprint density at radius 2 is 2.08 bits per heavy atom. The quantitative estimate of drug-likeness (QED) is 0.665. The molecule has 0 fully saturated rings. The first kappa shape index (κ1) is 9.84. The molecule has 0 aliphatic rings. The van der Waals surface area contributed by atoms with Gasteiger partial charge in [0.25, 0.3) is 0 Å². The van der Waals surface area contributed by atoms with Crippen LogP contribution in [0.25, 0.3) is 0 Å². The van der Waals surface area contributed by atoms with Crippen LogP contribution in [-0.2, 0) is 9.53 Å². The summed E-state index contributed by atoms with van der Waals surface area (Å²) in [7, 11) is 0. The molecule has 1 heterocycles. The Bertz CT molecular complexity index is 254. The second-order valence-corrected chi connectivity index (χ2v) is 2.99. The van der Waals surface area contributed by atoms with Gasteiger partial charge in [-0.1, -0.05) is 0 Å². The van der Waals surface area contributed by atoms with Crippen molar-refractivity contribution in [1.29, 1.82) is 0 Å². The molecule has 0 aromatic carbocycles. The highest BCUT2D eigenvalue weighted by molar-refractivity contribution is 5.69. The van der Waals surface area contributed by atoms with Crippen molar-refractivity contribution < 1.29 is 9.53 Å². The molecule has 1 aromatic rings. The van der Waals surface area contributed by atoms with E-state index in [-0.39, 0.29) is 12.0 Å². The Hall–Kier alpha value is -1.25. The highest BCUT2D eigenvalue weighted by atomic mass is 16.5. The summed E-state index contributed by atoms with van der Waals surface area (Å²) in [6.07, 6.45) is 4.33. The van der Waals surface area contributed by atoms with Crippen molar-refractivity contribution in [2.45, 2.75) is 26.3 Å². The normalized spacial score (nSPS) is 12.5. The zero-order valence-corrected chi connectivity index (χ0v) is 8.06. The molecule has 1 aromatic heterocycles. The fourth-order valence-corrected chi connectivity index (χ4v) is 1.21. The first-order chi connectivity index (χ1) is 6.24. The van der Waals surface area contributed by atoms with Crippen LogP contribution in [0.15, 0.2) is 24.5 Å². The van der Waals surface area contributed by atoms with Gasteiger partial charge < -0.3 is 9.30 Å². The molecule has 0 saturated heterocycles. The Kier molecular flexibility index (Phi) is 3.55. The lowest BCUT2D eigenvalue weighted by molar-refractivity contribution is -0.143. The van der Waals surface area contributed by atoms with Crippen LogP contribution in [0.2, 0.25) is 0 Å². The molecule has 13 heavy (non-hydrogen) atoms. The van der Waals surface area contributed by atoms with Crippen LogP contribution >= 0.6 is 0 Å². The predicted octanol–water partition coefficient (Wildman–Crippen LogP) is 2.00. The van der Waals surface area contributed by atoms with Crippen LogP contribution in [0, 0.1) is 0 Å². The van der Waals surface area contributed by atoms with Gasteiger partial charge in [0.05, 0.1) is 13.0 Å². The minimum absolute atomic E-state index is 0.135. The average molecular weight is 181 g/mol. The van der Waals surface area contributed by atoms with E-state index in [2.05, 4.69) is 0 Å². The fraction of sp³-hybridized carbons (Fsp3) is 0.500. The van der Waals surface area contributed by atoms with Crippen molar-refractivity contribution >= 4 is 5.97 Å². The van der Waals surface area contributed by atoms with Gasteiger partial charge in [0, 0.05) is 18.4 Å². The maximum absolute atomic E-state index is 11.1. The van der Waals surface area contributed by atoms with Crippen molar-refractivity contribution in [2.24, 2.45) is 0 Å². The number of carbonyl (C=O) groups is 1. The van der Waals surface area contributed by atoms with E-state index in [9.17, 15) is 4.79 Å². The highest BCUT2D eigenvalue weighted by Gasteiger charge is 2.09. The molecule has 0 amide bonds. The summed E-state index contributed by atoms with van der Waals surface area (Å²) in [5.41, 5.74) is 0. The van der Waals surface area contributed by atoms with E-state index < -0.39 is 0 Å². The number of hydrogen-bond donors (Lipinski definition) is 0. The van der Waals surface area contributed by atoms with Gasteiger partial charge in [-0.15, -0.1) is 0 Å². The number of rotatable bonds is 4. The fourth-order valence-electron chi connectivity index (χ4n) is 1.21. The first-order valence-electron chi connectivity index (χ1n) is 4.52. The second-order valence-electron chi connectivity index (χ2n) is 2.99. The zero-order valence-electron chi connectivity index (χ0n) is 8.06. The first-order valence-corrected chi connectivity index (χ1v) is 4.52. The van der Waals surface area contributed by atoms with E-state index in [4.69, 9.17) is 4.74 Å². The van der Waals surface area contributed by atoms with Crippen molar-refractivity contribution in [3.63, 3.8) is 0 Å². The number of esters is 1. The van der Waals surface area contributed by atoms with Gasteiger partial charge in [-0.3, -0.25) is 4.79 Å². The molecule has 0 aliphatic heterocycles. The van der Waals surface area contributed by atoms with E-state index >= 15 is 0 Å². The molecule has 0 radical (unpaired) electrons. The Labute approximate surface area is 78.3 Å². The van der Waals surface area contributed by atoms with E-state index in [1.165, 1.54) is 0 Å². The van der Waals surface area contributed by atoms with Gasteiger partial charge in [-0.05, 0) is 26.0 Å². The summed E-state index contributed by atoms with van der Waals surface area (Å²) in [6.45, 7) is 4.27. The van der Waals surface area contributed by atoms with Gasteiger partial charge in [0.1, 0.15) is 0 Å². The molecule has 0 saturated carbocycles. The standard InChI is InChI=1S/C10H15NO2/c1-3-13-10(12)8-9(2)11-6-4-5-7-11/h4-7,9H,3,8H2,1-2H3/t9-/m0/s1. The van der Waals surface area contributed by atoms with Gasteiger partial charge in [-0.2, -0.15) is 0 Å². The van der Waals surface area contributed by atoms with Gasteiger partial charge in [0.15, 0.2) is 0 Å². The lowest BCUT2D eigenvalue weighted by Crippen LogP contribution is -2.12. The zero-order chi connectivity index (χ0) is 9.68. The minimum Gasteiger partial charge on any atom is -0.466 e. The summed E-state index contributed by atoms with van der Waals surface area (Å²) in [5, 5.41) is 0. The van der Waals surface area contributed by atoms with Crippen LogP contribution in [0.4, 0.5) is 0 Å². The molecular weight excluding hydrogens is 166 g/mol. The van der Waals surface area contributed by atoms with Gasteiger partial charge >= 0.3 is 5.97 Å². The third-order valence-corrected chi connectivity index (χ3v) is 1.90. The Morgan fingerprint density at radius 1 is 1.46 bits per heavy atom. The molecule has 1 atom stereocenters. The molecular formula is C10H15NO2. The topological polar surface area (TPSA) is 31.2 Å². The largest absolute Gasteiger partial charge is 0.466 e. The molecule has 0 bridgehead atoms. The second kappa shape index (κ2) is 4.70. The van der Waals surface area contributed by atoms with E-state index in [1.807, 2.05) is 42.9 Å². The number of ether oxygens (including phenoxy) is 1. The number of hydrogen-bond acceptors (Lipinski definition) is 2. The monoisotopic (exact) mass is 181 g/mol. The summed E-state index contributed by atoms with van der Waals surface area (Å²) < 4.78 is 6.86. The van der Waals surface area contributed by atoms with Crippen LogP contribution in [0.5, 0.6) is 0 Å².